The summed E-state index contributed by atoms with van der Waals surface area (Å²) in [5, 5.41) is 1.19. The topological polar surface area (TPSA) is 67.4 Å². The predicted molar refractivity (Wildman–Crippen MR) is 104 cm³/mol. The van der Waals surface area contributed by atoms with Crippen LogP contribution in [0.25, 0.3) is 16.2 Å². The summed E-state index contributed by atoms with van der Waals surface area (Å²) in [6, 6.07) is 14.8. The number of halogens is 1. The van der Waals surface area contributed by atoms with E-state index in [0.717, 1.165) is 15.6 Å². The fraction of sp³-hybridized carbons (Fsp3) is 0.0526. The lowest BCUT2D eigenvalue weighted by atomic mass is 10.2. The molecule has 3 rings (SSSR count). The number of amides is 2. The molecule has 0 saturated heterocycles. The quantitative estimate of drug-likeness (QED) is 0.525. The molecule has 0 saturated carbocycles. The first-order valence-corrected chi connectivity index (χ1v) is 8.88. The fourth-order valence-electron chi connectivity index (χ4n) is 2.35. The van der Waals surface area contributed by atoms with E-state index in [1.165, 1.54) is 17.4 Å². The number of fused-ring (bicyclic) bond motifs is 1. The summed E-state index contributed by atoms with van der Waals surface area (Å²) < 4.78 is 6.12. The smallest absolute Gasteiger partial charge is 0.281 e. The van der Waals surface area contributed by atoms with Gasteiger partial charge in [-0.15, -0.1) is 11.3 Å². The molecule has 1 aromatic heterocycles. The Hall–Kier alpha value is -2.83. The maximum Gasteiger partial charge on any atom is 0.281 e. The lowest BCUT2D eigenvalue weighted by molar-refractivity contribution is -0.117. The lowest BCUT2D eigenvalue weighted by Gasteiger charge is -2.05. The number of carbonyl (C=O) groups excluding carboxylic acids is 2. The van der Waals surface area contributed by atoms with Gasteiger partial charge in [0.1, 0.15) is 10.6 Å². The van der Waals surface area contributed by atoms with E-state index in [1.54, 1.807) is 19.3 Å². The second-order valence-electron chi connectivity index (χ2n) is 5.26. The van der Waals surface area contributed by atoms with Crippen molar-refractivity contribution in [3.05, 3.63) is 70.1 Å². The van der Waals surface area contributed by atoms with Crippen molar-refractivity contribution in [2.75, 3.05) is 7.11 Å². The minimum atomic E-state index is -0.471. The van der Waals surface area contributed by atoms with Crippen LogP contribution in [0.15, 0.2) is 54.6 Å². The van der Waals surface area contributed by atoms with Crippen molar-refractivity contribution in [1.29, 1.82) is 0 Å². The van der Waals surface area contributed by atoms with E-state index in [4.69, 9.17) is 16.3 Å². The average Bonchev–Trinajstić information content (AvgIpc) is 3.01. The zero-order chi connectivity index (χ0) is 18.5. The molecule has 0 aliphatic carbocycles. The third-order valence-corrected chi connectivity index (χ3v) is 5.27. The zero-order valence-corrected chi connectivity index (χ0v) is 15.4. The van der Waals surface area contributed by atoms with Crippen LogP contribution in [0.1, 0.15) is 15.2 Å². The molecule has 132 valence electrons. The van der Waals surface area contributed by atoms with Crippen molar-refractivity contribution in [3.8, 4) is 5.75 Å². The van der Waals surface area contributed by atoms with E-state index >= 15 is 0 Å². The molecule has 0 unspecified atom stereocenters. The summed E-state index contributed by atoms with van der Waals surface area (Å²) in [4.78, 5) is 24.5. The predicted octanol–water partition coefficient (Wildman–Crippen LogP) is 4.04. The van der Waals surface area contributed by atoms with Crippen LogP contribution in [-0.2, 0) is 4.79 Å². The van der Waals surface area contributed by atoms with Gasteiger partial charge in [0, 0.05) is 21.7 Å². The molecule has 2 amide bonds. The van der Waals surface area contributed by atoms with Crippen LogP contribution in [0.4, 0.5) is 0 Å². The number of para-hydroxylation sites is 1. The van der Waals surface area contributed by atoms with Gasteiger partial charge < -0.3 is 4.74 Å². The summed E-state index contributed by atoms with van der Waals surface area (Å²) in [5.41, 5.74) is 5.47. The number of ether oxygens (including phenoxy) is 1. The zero-order valence-electron chi connectivity index (χ0n) is 13.8. The SMILES string of the molecule is COc1ccccc1/C=C/C(=O)NNC(=O)c1sc2ccccc2c1Cl. The monoisotopic (exact) mass is 386 g/mol. The molecule has 7 heteroatoms. The van der Waals surface area contributed by atoms with Crippen LogP contribution in [-0.4, -0.2) is 18.9 Å². The normalized spacial score (nSPS) is 10.8. The standard InChI is InChI=1S/C19H15ClN2O3S/c1-25-14-8-4-2-6-12(14)10-11-16(23)21-22-19(24)18-17(20)13-7-3-5-9-15(13)26-18/h2-11H,1H3,(H,21,23)(H,22,24)/b11-10+. The van der Waals surface area contributed by atoms with Crippen molar-refractivity contribution < 1.29 is 14.3 Å². The third kappa shape index (κ3) is 3.87. The maximum atomic E-state index is 12.3. The van der Waals surface area contributed by atoms with Gasteiger partial charge >= 0.3 is 0 Å². The molecule has 1 heterocycles. The van der Waals surface area contributed by atoms with Crippen LogP contribution in [0.3, 0.4) is 0 Å². The van der Waals surface area contributed by atoms with Gasteiger partial charge in [0.05, 0.1) is 12.1 Å². The Morgan fingerprint density at radius 3 is 2.58 bits per heavy atom. The highest BCUT2D eigenvalue weighted by molar-refractivity contribution is 7.21. The van der Waals surface area contributed by atoms with E-state index < -0.39 is 11.8 Å². The minimum absolute atomic E-state index is 0.349. The highest BCUT2D eigenvalue weighted by Gasteiger charge is 2.16. The van der Waals surface area contributed by atoms with E-state index in [0.29, 0.717) is 15.6 Å². The van der Waals surface area contributed by atoms with E-state index in [2.05, 4.69) is 10.9 Å². The number of nitrogens with one attached hydrogen (secondary N) is 2. The largest absolute Gasteiger partial charge is 0.496 e. The van der Waals surface area contributed by atoms with Crippen molar-refractivity contribution in [1.82, 2.24) is 10.9 Å². The van der Waals surface area contributed by atoms with Gasteiger partial charge in [-0.05, 0) is 18.2 Å². The Morgan fingerprint density at radius 1 is 1.08 bits per heavy atom. The number of benzene rings is 2. The van der Waals surface area contributed by atoms with Crippen molar-refractivity contribution in [2.45, 2.75) is 0 Å². The van der Waals surface area contributed by atoms with Gasteiger partial charge in [-0.3, -0.25) is 20.4 Å². The van der Waals surface area contributed by atoms with Gasteiger partial charge in [-0.2, -0.15) is 0 Å². The second kappa shape index (κ2) is 8.03. The summed E-state index contributed by atoms with van der Waals surface area (Å²) >= 11 is 7.52. The molecule has 3 aromatic rings. The molecule has 0 spiro atoms. The number of hydrogen-bond acceptors (Lipinski definition) is 4. The van der Waals surface area contributed by atoms with E-state index in [9.17, 15) is 9.59 Å². The number of carbonyl (C=O) groups is 2. The van der Waals surface area contributed by atoms with Crippen LogP contribution >= 0.6 is 22.9 Å². The Morgan fingerprint density at radius 2 is 1.81 bits per heavy atom. The van der Waals surface area contributed by atoms with Gasteiger partial charge in [0.25, 0.3) is 11.8 Å². The Bertz CT molecular complexity index is 997. The van der Waals surface area contributed by atoms with Crippen LogP contribution < -0.4 is 15.6 Å². The number of thiophene rings is 1. The van der Waals surface area contributed by atoms with Gasteiger partial charge in [0.2, 0.25) is 0 Å². The fourth-order valence-corrected chi connectivity index (χ4v) is 3.76. The molecule has 26 heavy (non-hydrogen) atoms. The molecule has 0 aliphatic rings. The summed E-state index contributed by atoms with van der Waals surface area (Å²) in [5.74, 6) is -0.283. The third-order valence-electron chi connectivity index (χ3n) is 3.59. The molecule has 0 radical (unpaired) electrons. The molecular formula is C19H15ClN2O3S. The van der Waals surface area contributed by atoms with Crippen LogP contribution in [0, 0.1) is 0 Å². The molecule has 2 N–H and O–H groups in total. The Labute approximate surface area is 159 Å². The van der Waals surface area contributed by atoms with E-state index in [1.807, 2.05) is 42.5 Å². The van der Waals surface area contributed by atoms with Gasteiger partial charge in [-0.1, -0.05) is 48.0 Å². The molecule has 0 bridgehead atoms. The molecule has 0 aliphatic heterocycles. The highest BCUT2D eigenvalue weighted by Crippen LogP contribution is 2.34. The lowest BCUT2D eigenvalue weighted by Crippen LogP contribution is -2.40. The first-order valence-electron chi connectivity index (χ1n) is 7.68. The number of methoxy groups -OCH3 is 1. The number of rotatable bonds is 4. The molecule has 0 atom stereocenters. The summed E-state index contributed by atoms with van der Waals surface area (Å²) in [6.07, 6.45) is 2.91. The molecule has 2 aromatic carbocycles. The first-order chi connectivity index (χ1) is 12.6. The number of hydrogen-bond donors (Lipinski definition) is 2. The maximum absolute atomic E-state index is 12.3. The summed E-state index contributed by atoms with van der Waals surface area (Å²) in [7, 11) is 1.56. The van der Waals surface area contributed by atoms with Crippen molar-refractivity contribution in [3.63, 3.8) is 0 Å². The highest BCUT2D eigenvalue weighted by atomic mass is 35.5. The molecule has 0 fully saturated rings. The summed E-state index contributed by atoms with van der Waals surface area (Å²) in [6.45, 7) is 0. The number of hydrazine groups is 1. The Balaban J connectivity index is 1.64. The molecule has 5 nitrogen and oxygen atoms in total. The van der Waals surface area contributed by atoms with Crippen LogP contribution in [0.5, 0.6) is 5.75 Å². The van der Waals surface area contributed by atoms with Crippen molar-refractivity contribution in [2.24, 2.45) is 0 Å². The van der Waals surface area contributed by atoms with Gasteiger partial charge in [-0.25, -0.2) is 0 Å². The second-order valence-corrected chi connectivity index (χ2v) is 6.69. The average molecular weight is 387 g/mol. The Kier molecular flexibility index (Phi) is 5.55. The first kappa shape index (κ1) is 18.0. The minimum Gasteiger partial charge on any atom is -0.496 e. The van der Waals surface area contributed by atoms with Crippen molar-refractivity contribution >= 4 is 50.9 Å². The van der Waals surface area contributed by atoms with Gasteiger partial charge in [0.15, 0.2) is 0 Å². The van der Waals surface area contributed by atoms with Crippen LogP contribution in [0.2, 0.25) is 5.02 Å². The molecular weight excluding hydrogens is 372 g/mol. The van der Waals surface area contributed by atoms with E-state index in [-0.39, 0.29) is 0 Å².